The Kier molecular flexibility index (Phi) is 4.99. The fourth-order valence-electron chi connectivity index (χ4n) is 2.44. The Balaban J connectivity index is 2.48. The quantitative estimate of drug-likeness (QED) is 0.705. The number of carbonyl (C=O) groups excluding carboxylic acids is 1. The molecule has 0 radical (unpaired) electrons. The highest BCUT2D eigenvalue weighted by Gasteiger charge is 2.31. The van der Waals surface area contributed by atoms with Crippen LogP contribution in [-0.2, 0) is 4.79 Å². The highest BCUT2D eigenvalue weighted by molar-refractivity contribution is 5.82. The van der Waals surface area contributed by atoms with Gasteiger partial charge in [0.25, 0.3) is 0 Å². The summed E-state index contributed by atoms with van der Waals surface area (Å²) in [4.78, 5) is 22.9. The first kappa shape index (κ1) is 14.8. The van der Waals surface area contributed by atoms with Crippen molar-refractivity contribution >= 4 is 12.0 Å². The molecule has 1 rings (SSSR count). The second-order valence-electron chi connectivity index (χ2n) is 5.89. The molecule has 1 atom stereocenters. The molecule has 0 aromatic rings. The van der Waals surface area contributed by atoms with Gasteiger partial charge in [0, 0.05) is 5.54 Å². The lowest BCUT2D eigenvalue weighted by Crippen LogP contribution is -2.53. The first-order chi connectivity index (χ1) is 8.32. The second kappa shape index (κ2) is 6.07. The number of carbonyl (C=O) groups is 2. The van der Waals surface area contributed by atoms with E-state index < -0.39 is 12.0 Å². The van der Waals surface area contributed by atoms with Gasteiger partial charge >= 0.3 is 12.0 Å². The molecule has 0 heterocycles. The third kappa shape index (κ3) is 4.55. The van der Waals surface area contributed by atoms with Crippen LogP contribution < -0.4 is 10.6 Å². The number of carboxylic acids is 1. The van der Waals surface area contributed by atoms with Crippen LogP contribution in [0.25, 0.3) is 0 Å². The normalized spacial score (nSPS) is 19.6. The van der Waals surface area contributed by atoms with Crippen molar-refractivity contribution in [2.75, 3.05) is 0 Å². The van der Waals surface area contributed by atoms with Crippen LogP contribution in [-0.4, -0.2) is 28.7 Å². The van der Waals surface area contributed by atoms with E-state index in [2.05, 4.69) is 10.6 Å². The molecule has 0 unspecified atom stereocenters. The predicted octanol–water partition coefficient (Wildman–Crippen LogP) is 2.12. The van der Waals surface area contributed by atoms with Crippen molar-refractivity contribution in [2.24, 2.45) is 5.92 Å². The zero-order chi connectivity index (χ0) is 13.8. The van der Waals surface area contributed by atoms with Crippen molar-refractivity contribution in [1.82, 2.24) is 10.6 Å². The average molecular weight is 256 g/mol. The molecule has 1 aliphatic rings. The summed E-state index contributed by atoms with van der Waals surface area (Å²) in [6, 6.07) is -1.18. The van der Waals surface area contributed by atoms with Gasteiger partial charge in [-0.15, -0.1) is 0 Å². The molecule has 5 heteroatoms. The van der Waals surface area contributed by atoms with Gasteiger partial charge in [-0.2, -0.15) is 0 Å². The van der Waals surface area contributed by atoms with E-state index >= 15 is 0 Å². The standard InChI is InChI=1S/C13H24N2O3/c1-9(2)8-10(11(16)17)14-12(18)15-13(3)6-4-5-7-13/h9-10H,4-8H2,1-3H3,(H,16,17)(H2,14,15,18)/t10-/m1/s1. The Morgan fingerprint density at radius 2 is 1.83 bits per heavy atom. The Labute approximate surface area is 108 Å². The molecule has 0 aromatic heterocycles. The zero-order valence-electron chi connectivity index (χ0n) is 11.5. The number of amides is 2. The molecule has 0 bridgehead atoms. The van der Waals surface area contributed by atoms with E-state index in [-0.39, 0.29) is 17.5 Å². The average Bonchev–Trinajstić information content (AvgIpc) is 2.62. The maximum Gasteiger partial charge on any atom is 0.326 e. The maximum absolute atomic E-state index is 11.8. The van der Waals surface area contributed by atoms with Gasteiger partial charge in [-0.1, -0.05) is 26.7 Å². The fourth-order valence-corrected chi connectivity index (χ4v) is 2.44. The second-order valence-corrected chi connectivity index (χ2v) is 5.89. The molecule has 3 N–H and O–H groups in total. The molecule has 0 spiro atoms. The molecule has 0 aromatic carbocycles. The summed E-state index contributed by atoms with van der Waals surface area (Å²) in [5.74, 6) is -0.746. The summed E-state index contributed by atoms with van der Waals surface area (Å²) in [5, 5.41) is 14.5. The first-order valence-electron chi connectivity index (χ1n) is 6.64. The van der Waals surface area contributed by atoms with Crippen molar-refractivity contribution in [3.8, 4) is 0 Å². The van der Waals surface area contributed by atoms with Gasteiger partial charge in [0.15, 0.2) is 0 Å². The number of carboxylic acid groups (broad SMARTS) is 1. The van der Waals surface area contributed by atoms with Gasteiger partial charge in [0.05, 0.1) is 0 Å². The number of hydrogen-bond donors (Lipinski definition) is 3. The molecular weight excluding hydrogens is 232 g/mol. The van der Waals surface area contributed by atoms with Crippen LogP contribution in [0.15, 0.2) is 0 Å². The van der Waals surface area contributed by atoms with Gasteiger partial charge < -0.3 is 15.7 Å². The van der Waals surface area contributed by atoms with Crippen LogP contribution in [0, 0.1) is 5.92 Å². The van der Waals surface area contributed by atoms with E-state index in [1.807, 2.05) is 20.8 Å². The topological polar surface area (TPSA) is 78.4 Å². The fraction of sp³-hybridized carbons (Fsp3) is 0.846. The Bertz CT molecular complexity index is 309. The van der Waals surface area contributed by atoms with E-state index in [1.165, 1.54) is 0 Å². The number of rotatable bonds is 5. The smallest absolute Gasteiger partial charge is 0.326 e. The van der Waals surface area contributed by atoms with Gasteiger partial charge in [-0.3, -0.25) is 0 Å². The van der Waals surface area contributed by atoms with Crippen LogP contribution in [0.3, 0.4) is 0 Å². The third-order valence-corrected chi connectivity index (χ3v) is 3.43. The molecule has 104 valence electrons. The van der Waals surface area contributed by atoms with Gasteiger partial charge in [0.2, 0.25) is 0 Å². The Hall–Kier alpha value is -1.26. The number of nitrogens with one attached hydrogen (secondary N) is 2. The van der Waals surface area contributed by atoms with E-state index in [1.54, 1.807) is 0 Å². The Morgan fingerprint density at radius 3 is 2.28 bits per heavy atom. The first-order valence-corrected chi connectivity index (χ1v) is 6.64. The number of aliphatic carboxylic acids is 1. The number of urea groups is 1. The van der Waals surface area contributed by atoms with Crippen molar-refractivity contribution < 1.29 is 14.7 Å². The third-order valence-electron chi connectivity index (χ3n) is 3.43. The van der Waals surface area contributed by atoms with E-state index in [0.29, 0.717) is 6.42 Å². The monoisotopic (exact) mass is 256 g/mol. The van der Waals surface area contributed by atoms with E-state index in [0.717, 1.165) is 25.7 Å². The lowest BCUT2D eigenvalue weighted by atomic mass is 10.0. The van der Waals surface area contributed by atoms with Gasteiger partial charge in [-0.05, 0) is 32.1 Å². The summed E-state index contributed by atoms with van der Waals surface area (Å²) in [5.41, 5.74) is -0.176. The highest BCUT2D eigenvalue weighted by Crippen LogP contribution is 2.28. The largest absolute Gasteiger partial charge is 0.480 e. The minimum Gasteiger partial charge on any atom is -0.480 e. The molecule has 1 aliphatic carbocycles. The molecule has 1 saturated carbocycles. The van der Waals surface area contributed by atoms with Gasteiger partial charge in [0.1, 0.15) is 6.04 Å². The van der Waals surface area contributed by atoms with Crippen molar-refractivity contribution in [1.29, 1.82) is 0 Å². The van der Waals surface area contributed by atoms with Gasteiger partial charge in [-0.25, -0.2) is 9.59 Å². The highest BCUT2D eigenvalue weighted by atomic mass is 16.4. The van der Waals surface area contributed by atoms with Crippen molar-refractivity contribution in [3.05, 3.63) is 0 Å². The molecule has 0 aliphatic heterocycles. The number of hydrogen-bond acceptors (Lipinski definition) is 2. The minimum absolute atomic E-state index is 0.176. The molecule has 0 saturated heterocycles. The molecule has 2 amide bonds. The predicted molar refractivity (Wildman–Crippen MR) is 69.4 cm³/mol. The lowest BCUT2D eigenvalue weighted by Gasteiger charge is -2.26. The minimum atomic E-state index is -0.976. The molecule has 5 nitrogen and oxygen atoms in total. The van der Waals surface area contributed by atoms with Crippen LogP contribution in [0.1, 0.15) is 52.9 Å². The van der Waals surface area contributed by atoms with Crippen molar-refractivity contribution in [3.63, 3.8) is 0 Å². The zero-order valence-corrected chi connectivity index (χ0v) is 11.5. The summed E-state index contributed by atoms with van der Waals surface area (Å²) in [6.07, 6.45) is 4.60. The summed E-state index contributed by atoms with van der Waals surface area (Å²) in [6.45, 7) is 5.89. The van der Waals surface area contributed by atoms with E-state index in [4.69, 9.17) is 5.11 Å². The van der Waals surface area contributed by atoms with Crippen LogP contribution in [0.2, 0.25) is 0 Å². The summed E-state index contributed by atoms with van der Waals surface area (Å²) in [7, 11) is 0. The summed E-state index contributed by atoms with van der Waals surface area (Å²) < 4.78 is 0. The van der Waals surface area contributed by atoms with Crippen LogP contribution >= 0.6 is 0 Å². The molecule has 18 heavy (non-hydrogen) atoms. The van der Waals surface area contributed by atoms with Crippen LogP contribution in [0.4, 0.5) is 4.79 Å². The SMILES string of the molecule is CC(C)C[C@@H](NC(=O)NC1(C)CCCC1)C(=O)O. The molecule has 1 fully saturated rings. The molecular formula is C13H24N2O3. The van der Waals surface area contributed by atoms with E-state index in [9.17, 15) is 9.59 Å². The van der Waals surface area contributed by atoms with Crippen molar-refractivity contribution in [2.45, 2.75) is 64.5 Å². The van der Waals surface area contributed by atoms with Crippen LogP contribution in [0.5, 0.6) is 0 Å². The lowest BCUT2D eigenvalue weighted by molar-refractivity contribution is -0.139. The maximum atomic E-state index is 11.8. The summed E-state index contributed by atoms with van der Waals surface area (Å²) >= 11 is 0. The Morgan fingerprint density at radius 1 is 1.28 bits per heavy atom.